The molecule has 11 heteroatoms. The lowest BCUT2D eigenvalue weighted by atomic mass is 10.2. The molecule has 0 aliphatic carbocycles. The minimum atomic E-state index is -4.46. The van der Waals surface area contributed by atoms with Gasteiger partial charge in [0.25, 0.3) is 0 Å². The van der Waals surface area contributed by atoms with Crippen molar-refractivity contribution in [3.8, 4) is 5.88 Å². The summed E-state index contributed by atoms with van der Waals surface area (Å²) in [5.74, 6) is 0.357. The van der Waals surface area contributed by atoms with Gasteiger partial charge in [-0.15, -0.1) is 0 Å². The number of alkyl halides is 3. The Kier molecular flexibility index (Phi) is 6.23. The molecule has 0 spiro atoms. The minimum Gasteiger partial charge on any atom is -0.468 e. The molecule has 2 heterocycles. The number of nitrogens with zero attached hydrogens (tertiary/aromatic N) is 3. The molecule has 1 aromatic rings. The van der Waals surface area contributed by atoms with Crippen LogP contribution in [-0.4, -0.2) is 67.7 Å². The largest absolute Gasteiger partial charge is 0.468 e. The van der Waals surface area contributed by atoms with Crippen molar-refractivity contribution >= 4 is 15.8 Å². The van der Waals surface area contributed by atoms with Crippen LogP contribution in [0, 0.1) is 0 Å². The molecule has 27 heavy (non-hydrogen) atoms. The van der Waals surface area contributed by atoms with Gasteiger partial charge >= 0.3 is 6.18 Å². The Hall–Kier alpha value is -2.04. The van der Waals surface area contributed by atoms with Crippen LogP contribution in [0.25, 0.3) is 0 Å². The number of pyridine rings is 1. The molecule has 0 unspecified atom stereocenters. The summed E-state index contributed by atoms with van der Waals surface area (Å²) in [5, 5.41) is 3.04. The Balaban J connectivity index is 2.05. The van der Waals surface area contributed by atoms with E-state index in [1.807, 2.05) is 4.90 Å². The Bertz CT molecular complexity index is 794. The van der Waals surface area contributed by atoms with Gasteiger partial charge in [0, 0.05) is 38.4 Å². The van der Waals surface area contributed by atoms with Crippen molar-refractivity contribution in [1.82, 2.24) is 15.2 Å². The van der Waals surface area contributed by atoms with E-state index < -0.39 is 27.4 Å². The summed E-state index contributed by atoms with van der Waals surface area (Å²) in [4.78, 5) is 9.81. The van der Waals surface area contributed by atoms with Crippen molar-refractivity contribution in [2.45, 2.75) is 31.3 Å². The highest BCUT2D eigenvalue weighted by Crippen LogP contribution is 2.24. The topological polar surface area (TPSA) is 83.9 Å². The van der Waals surface area contributed by atoms with Crippen molar-refractivity contribution in [3.05, 3.63) is 23.9 Å². The van der Waals surface area contributed by atoms with Crippen molar-refractivity contribution in [2.24, 2.45) is 4.99 Å². The Morgan fingerprint density at radius 3 is 2.74 bits per heavy atom. The summed E-state index contributed by atoms with van der Waals surface area (Å²) >= 11 is 0. The number of halogens is 3. The zero-order chi connectivity index (χ0) is 20.3. The van der Waals surface area contributed by atoms with Crippen LogP contribution in [0.15, 0.2) is 23.3 Å². The maximum absolute atomic E-state index is 12.4. The van der Waals surface area contributed by atoms with E-state index in [2.05, 4.69) is 15.3 Å². The van der Waals surface area contributed by atoms with E-state index in [1.54, 1.807) is 33.0 Å². The molecule has 0 bridgehead atoms. The van der Waals surface area contributed by atoms with Crippen molar-refractivity contribution in [3.63, 3.8) is 0 Å². The minimum absolute atomic E-state index is 0.00748. The molecule has 152 valence electrons. The predicted molar refractivity (Wildman–Crippen MR) is 95.4 cm³/mol. The van der Waals surface area contributed by atoms with E-state index in [1.165, 1.54) is 6.20 Å². The van der Waals surface area contributed by atoms with Crippen LogP contribution >= 0.6 is 0 Å². The second kappa shape index (κ2) is 7.91. The number of guanidine groups is 1. The van der Waals surface area contributed by atoms with Crippen LogP contribution in [-0.2, 0) is 16.4 Å². The normalized spacial score (nSPS) is 19.6. The summed E-state index contributed by atoms with van der Waals surface area (Å²) in [6.07, 6.45) is -3.11. The summed E-state index contributed by atoms with van der Waals surface area (Å²) in [6.45, 7) is 2.58. The number of hydrogen-bond acceptors (Lipinski definition) is 5. The number of sulfone groups is 1. The van der Waals surface area contributed by atoms with Crippen LogP contribution in [0.4, 0.5) is 13.2 Å². The highest BCUT2D eigenvalue weighted by atomic mass is 32.2. The van der Waals surface area contributed by atoms with E-state index in [-0.39, 0.29) is 31.3 Å². The first kappa shape index (κ1) is 21.3. The molecule has 0 saturated carbocycles. The SMILES string of the molecule is CN=C(NCc1cccnc1OCC(F)(F)F)N1CCS(=O)(=O)C(C)(C)C1. The van der Waals surface area contributed by atoms with E-state index in [9.17, 15) is 21.6 Å². The van der Waals surface area contributed by atoms with Gasteiger partial charge in [0.15, 0.2) is 22.4 Å². The highest BCUT2D eigenvalue weighted by Gasteiger charge is 2.41. The number of ether oxygens (including phenoxy) is 1. The quantitative estimate of drug-likeness (QED) is 0.602. The average Bonchev–Trinajstić information content (AvgIpc) is 2.57. The molecule has 1 aliphatic rings. The van der Waals surface area contributed by atoms with E-state index in [0.717, 1.165) is 0 Å². The highest BCUT2D eigenvalue weighted by molar-refractivity contribution is 7.92. The molecule has 2 rings (SSSR count). The Labute approximate surface area is 156 Å². The summed E-state index contributed by atoms with van der Waals surface area (Å²) in [6, 6.07) is 3.19. The van der Waals surface area contributed by atoms with Crippen molar-refractivity contribution in [2.75, 3.05) is 32.5 Å². The van der Waals surface area contributed by atoms with Crippen molar-refractivity contribution < 1.29 is 26.3 Å². The van der Waals surface area contributed by atoms with Crippen LogP contribution in [0.1, 0.15) is 19.4 Å². The second-order valence-corrected chi connectivity index (χ2v) is 9.52. The summed E-state index contributed by atoms with van der Waals surface area (Å²) in [7, 11) is -1.63. The molecule has 0 aromatic carbocycles. The third-order valence-electron chi connectivity index (χ3n) is 4.21. The first-order chi connectivity index (χ1) is 12.5. The molecule has 0 radical (unpaired) electrons. The Morgan fingerprint density at radius 2 is 2.15 bits per heavy atom. The molecular formula is C16H23F3N4O3S. The zero-order valence-corrected chi connectivity index (χ0v) is 16.2. The van der Waals surface area contributed by atoms with Gasteiger partial charge in [-0.05, 0) is 19.9 Å². The van der Waals surface area contributed by atoms with E-state index >= 15 is 0 Å². The molecule has 1 aromatic heterocycles. The van der Waals surface area contributed by atoms with Gasteiger partial charge in [-0.1, -0.05) is 6.07 Å². The first-order valence-electron chi connectivity index (χ1n) is 8.26. The molecule has 1 saturated heterocycles. The smallest absolute Gasteiger partial charge is 0.422 e. The fourth-order valence-corrected chi connectivity index (χ4v) is 4.04. The Morgan fingerprint density at radius 1 is 1.44 bits per heavy atom. The predicted octanol–water partition coefficient (Wildman–Crippen LogP) is 1.61. The molecule has 7 nitrogen and oxygen atoms in total. The number of aliphatic imine (C=N–C) groups is 1. The molecule has 1 fully saturated rings. The molecule has 0 atom stereocenters. The van der Waals surface area contributed by atoms with Crippen LogP contribution in [0.5, 0.6) is 5.88 Å². The van der Waals surface area contributed by atoms with Crippen molar-refractivity contribution in [1.29, 1.82) is 0 Å². The van der Waals surface area contributed by atoms with Gasteiger partial charge < -0.3 is 15.0 Å². The average molecular weight is 408 g/mol. The zero-order valence-electron chi connectivity index (χ0n) is 15.4. The molecular weight excluding hydrogens is 385 g/mol. The first-order valence-corrected chi connectivity index (χ1v) is 9.92. The van der Waals surface area contributed by atoms with Crippen LogP contribution in [0.2, 0.25) is 0 Å². The van der Waals surface area contributed by atoms with Gasteiger partial charge in [0.1, 0.15) is 0 Å². The summed E-state index contributed by atoms with van der Waals surface area (Å²) < 4.78 is 65.2. The molecule has 1 aliphatic heterocycles. The molecule has 1 N–H and O–H groups in total. The maximum Gasteiger partial charge on any atom is 0.422 e. The summed E-state index contributed by atoms with van der Waals surface area (Å²) in [5.41, 5.74) is 0.437. The number of hydrogen-bond donors (Lipinski definition) is 1. The van der Waals surface area contributed by atoms with Gasteiger partial charge in [0.05, 0.1) is 10.5 Å². The lowest BCUT2D eigenvalue weighted by Crippen LogP contribution is -2.57. The number of nitrogens with one attached hydrogen (secondary N) is 1. The van der Waals surface area contributed by atoms with Gasteiger partial charge in [0.2, 0.25) is 5.88 Å². The van der Waals surface area contributed by atoms with Gasteiger partial charge in [-0.3, -0.25) is 4.99 Å². The monoisotopic (exact) mass is 408 g/mol. The third-order valence-corrected chi connectivity index (χ3v) is 6.75. The van der Waals surface area contributed by atoms with Gasteiger partial charge in [-0.2, -0.15) is 13.2 Å². The lowest BCUT2D eigenvalue weighted by Gasteiger charge is -2.39. The maximum atomic E-state index is 12.4. The van der Waals surface area contributed by atoms with Crippen LogP contribution < -0.4 is 10.1 Å². The fraction of sp³-hybridized carbons (Fsp3) is 0.625. The second-order valence-electron chi connectivity index (χ2n) is 6.77. The molecule has 0 amide bonds. The van der Waals surface area contributed by atoms with E-state index in [4.69, 9.17) is 4.74 Å². The fourth-order valence-electron chi connectivity index (χ4n) is 2.67. The van der Waals surface area contributed by atoms with E-state index in [0.29, 0.717) is 11.5 Å². The lowest BCUT2D eigenvalue weighted by molar-refractivity contribution is -0.154. The van der Waals surface area contributed by atoms with Crippen LogP contribution in [0.3, 0.4) is 0 Å². The number of aromatic nitrogens is 1. The van der Waals surface area contributed by atoms with Gasteiger partial charge in [-0.25, -0.2) is 13.4 Å². The number of rotatable bonds is 4. The third kappa shape index (κ3) is 5.47. The standard InChI is InChI=1S/C16H23F3N4O3S/c1-15(2)10-23(7-8-27(15,24)25)14(20-3)22-9-12-5-4-6-21-13(12)26-11-16(17,18)19/h4-6H,7-11H2,1-3H3,(H,20,22).